The lowest BCUT2D eigenvalue weighted by atomic mass is 9.78. The Kier molecular flexibility index (Phi) is 4.00. The van der Waals surface area contributed by atoms with E-state index in [1.54, 1.807) is 0 Å². The molecular weight excluding hydrogens is 188 g/mol. The third kappa shape index (κ3) is 2.35. The molecule has 2 fully saturated rings. The summed E-state index contributed by atoms with van der Waals surface area (Å²) >= 11 is 0. The molecule has 0 aromatic heterocycles. The van der Waals surface area contributed by atoms with E-state index in [-0.39, 0.29) is 0 Å². The molecular formula is C12H24N2O. The van der Waals surface area contributed by atoms with E-state index in [9.17, 15) is 0 Å². The highest BCUT2D eigenvalue weighted by atomic mass is 16.5. The van der Waals surface area contributed by atoms with E-state index in [0.29, 0.717) is 12.1 Å². The maximum atomic E-state index is 5.95. The fourth-order valence-electron chi connectivity index (χ4n) is 2.88. The first-order valence-corrected chi connectivity index (χ1v) is 6.40. The minimum atomic E-state index is 0.605. The Morgan fingerprint density at radius 1 is 1.47 bits per heavy atom. The van der Waals surface area contributed by atoms with E-state index in [1.807, 2.05) is 0 Å². The molecule has 1 saturated carbocycles. The number of nitrogens with zero attached hydrogens (tertiary/aromatic N) is 1. The Bertz CT molecular complexity index is 194. The van der Waals surface area contributed by atoms with Gasteiger partial charge in [0.1, 0.15) is 0 Å². The molecule has 1 aliphatic carbocycles. The van der Waals surface area contributed by atoms with Crippen molar-refractivity contribution in [2.75, 3.05) is 26.3 Å². The number of rotatable bonds is 4. The zero-order chi connectivity index (χ0) is 10.7. The molecule has 0 radical (unpaired) electrons. The highest BCUT2D eigenvalue weighted by Crippen LogP contribution is 2.33. The summed E-state index contributed by atoms with van der Waals surface area (Å²) < 4.78 is 5.55. The van der Waals surface area contributed by atoms with Crippen molar-refractivity contribution in [1.82, 2.24) is 4.90 Å². The monoisotopic (exact) mass is 212 g/mol. The molecule has 88 valence electrons. The minimum absolute atomic E-state index is 0.605. The SMILES string of the molecule is CCC1COCCN1C(CN)C1CCC1. The molecule has 15 heavy (non-hydrogen) atoms. The molecule has 0 aromatic rings. The fraction of sp³-hybridized carbons (Fsp3) is 1.00. The molecule has 1 heterocycles. The van der Waals surface area contributed by atoms with Gasteiger partial charge in [0.05, 0.1) is 13.2 Å². The van der Waals surface area contributed by atoms with Crippen molar-refractivity contribution < 1.29 is 4.74 Å². The van der Waals surface area contributed by atoms with E-state index in [4.69, 9.17) is 10.5 Å². The molecule has 1 saturated heterocycles. The van der Waals surface area contributed by atoms with Gasteiger partial charge in [-0.2, -0.15) is 0 Å². The van der Waals surface area contributed by atoms with Crippen molar-refractivity contribution >= 4 is 0 Å². The van der Waals surface area contributed by atoms with Gasteiger partial charge in [-0.15, -0.1) is 0 Å². The molecule has 2 N–H and O–H groups in total. The number of morpholine rings is 1. The Balaban J connectivity index is 1.97. The van der Waals surface area contributed by atoms with Crippen LogP contribution in [0.2, 0.25) is 0 Å². The number of hydrogen-bond donors (Lipinski definition) is 1. The molecule has 1 aliphatic heterocycles. The van der Waals surface area contributed by atoms with Crippen LogP contribution in [-0.4, -0.2) is 43.3 Å². The summed E-state index contributed by atoms with van der Waals surface area (Å²) in [5.74, 6) is 0.863. The highest BCUT2D eigenvalue weighted by molar-refractivity contribution is 4.89. The van der Waals surface area contributed by atoms with Crippen molar-refractivity contribution in [2.45, 2.75) is 44.7 Å². The van der Waals surface area contributed by atoms with Gasteiger partial charge >= 0.3 is 0 Å². The number of nitrogens with two attached hydrogens (primary N) is 1. The Morgan fingerprint density at radius 2 is 2.27 bits per heavy atom. The first-order chi connectivity index (χ1) is 7.36. The molecule has 0 bridgehead atoms. The van der Waals surface area contributed by atoms with Gasteiger partial charge in [-0.05, 0) is 25.2 Å². The van der Waals surface area contributed by atoms with E-state index in [0.717, 1.165) is 32.2 Å². The summed E-state index contributed by atoms with van der Waals surface area (Å²) in [5.41, 5.74) is 5.95. The summed E-state index contributed by atoms with van der Waals surface area (Å²) in [4.78, 5) is 2.62. The van der Waals surface area contributed by atoms with Gasteiger partial charge in [-0.1, -0.05) is 13.3 Å². The molecule has 3 nitrogen and oxygen atoms in total. The maximum Gasteiger partial charge on any atom is 0.0622 e. The van der Waals surface area contributed by atoms with Crippen LogP contribution in [0.4, 0.5) is 0 Å². The van der Waals surface area contributed by atoms with Gasteiger partial charge < -0.3 is 10.5 Å². The van der Waals surface area contributed by atoms with E-state index in [1.165, 1.54) is 25.7 Å². The van der Waals surface area contributed by atoms with Gasteiger partial charge in [0.25, 0.3) is 0 Å². The van der Waals surface area contributed by atoms with Crippen molar-refractivity contribution in [3.63, 3.8) is 0 Å². The molecule has 0 aromatic carbocycles. The van der Waals surface area contributed by atoms with Crippen LogP contribution < -0.4 is 5.73 Å². The van der Waals surface area contributed by atoms with Crippen LogP contribution in [-0.2, 0) is 4.74 Å². The topological polar surface area (TPSA) is 38.5 Å². The highest BCUT2D eigenvalue weighted by Gasteiger charge is 2.35. The lowest BCUT2D eigenvalue weighted by molar-refractivity contribution is -0.0487. The van der Waals surface area contributed by atoms with Crippen LogP contribution in [0.3, 0.4) is 0 Å². The average Bonchev–Trinajstić information content (AvgIpc) is 2.23. The quantitative estimate of drug-likeness (QED) is 0.761. The van der Waals surface area contributed by atoms with Gasteiger partial charge in [-0.25, -0.2) is 0 Å². The molecule has 3 heteroatoms. The Morgan fingerprint density at radius 3 is 2.80 bits per heavy atom. The van der Waals surface area contributed by atoms with Crippen LogP contribution in [0.15, 0.2) is 0 Å². The van der Waals surface area contributed by atoms with Crippen molar-refractivity contribution in [3.05, 3.63) is 0 Å². The minimum Gasteiger partial charge on any atom is -0.378 e. The fourth-order valence-corrected chi connectivity index (χ4v) is 2.88. The van der Waals surface area contributed by atoms with Gasteiger partial charge in [0.2, 0.25) is 0 Å². The summed E-state index contributed by atoms with van der Waals surface area (Å²) in [6.45, 7) is 5.94. The third-order valence-corrected chi connectivity index (χ3v) is 4.11. The molecule has 2 aliphatic rings. The third-order valence-electron chi connectivity index (χ3n) is 4.11. The summed E-state index contributed by atoms with van der Waals surface area (Å²) in [7, 11) is 0. The zero-order valence-electron chi connectivity index (χ0n) is 9.82. The first-order valence-electron chi connectivity index (χ1n) is 6.40. The van der Waals surface area contributed by atoms with E-state index >= 15 is 0 Å². The summed E-state index contributed by atoms with van der Waals surface area (Å²) in [5, 5.41) is 0. The largest absolute Gasteiger partial charge is 0.378 e. The van der Waals surface area contributed by atoms with Crippen molar-refractivity contribution in [1.29, 1.82) is 0 Å². The average molecular weight is 212 g/mol. The molecule has 2 atom stereocenters. The molecule has 0 amide bonds. The number of ether oxygens (including phenoxy) is 1. The molecule has 0 spiro atoms. The Hall–Kier alpha value is -0.120. The standard InChI is InChI=1S/C12H24N2O/c1-2-11-9-15-7-6-14(11)12(8-13)10-4-3-5-10/h10-12H,2-9,13H2,1H3. The van der Waals surface area contributed by atoms with Crippen LogP contribution in [0.1, 0.15) is 32.6 Å². The second-order valence-corrected chi connectivity index (χ2v) is 4.87. The lowest BCUT2D eigenvalue weighted by Gasteiger charge is -2.46. The predicted octanol–water partition coefficient (Wildman–Crippen LogP) is 1.22. The van der Waals surface area contributed by atoms with Gasteiger partial charge in [-0.3, -0.25) is 4.90 Å². The van der Waals surface area contributed by atoms with Gasteiger partial charge in [0, 0.05) is 25.2 Å². The van der Waals surface area contributed by atoms with Crippen molar-refractivity contribution in [2.24, 2.45) is 11.7 Å². The second kappa shape index (κ2) is 5.28. The normalized spacial score (nSPS) is 31.2. The van der Waals surface area contributed by atoms with Gasteiger partial charge in [0.15, 0.2) is 0 Å². The second-order valence-electron chi connectivity index (χ2n) is 4.87. The maximum absolute atomic E-state index is 5.95. The lowest BCUT2D eigenvalue weighted by Crippen LogP contribution is -2.56. The first kappa shape index (κ1) is 11.4. The molecule has 2 rings (SSSR count). The van der Waals surface area contributed by atoms with Crippen LogP contribution in [0.5, 0.6) is 0 Å². The smallest absolute Gasteiger partial charge is 0.0622 e. The van der Waals surface area contributed by atoms with E-state index in [2.05, 4.69) is 11.8 Å². The van der Waals surface area contributed by atoms with Crippen LogP contribution in [0, 0.1) is 5.92 Å². The zero-order valence-corrected chi connectivity index (χ0v) is 9.82. The number of hydrogen-bond acceptors (Lipinski definition) is 3. The predicted molar refractivity (Wildman–Crippen MR) is 61.8 cm³/mol. The summed E-state index contributed by atoms with van der Waals surface area (Å²) in [6, 6.07) is 1.22. The van der Waals surface area contributed by atoms with Crippen LogP contribution in [0.25, 0.3) is 0 Å². The van der Waals surface area contributed by atoms with Crippen LogP contribution >= 0.6 is 0 Å². The Labute approximate surface area is 93.0 Å². The molecule has 2 unspecified atom stereocenters. The van der Waals surface area contributed by atoms with Crippen molar-refractivity contribution in [3.8, 4) is 0 Å². The van der Waals surface area contributed by atoms with E-state index < -0.39 is 0 Å². The summed E-state index contributed by atoms with van der Waals surface area (Å²) in [6.07, 6.45) is 5.36.